The van der Waals surface area contributed by atoms with Crippen molar-refractivity contribution in [3.63, 3.8) is 0 Å². The zero-order chi connectivity index (χ0) is 11.5. The molecular weight excluding hydrogens is 224 g/mol. The number of alkyl halides is 1. The SMILES string of the molecule is CC(=O)c1ccc(N2CCNC(Cl)C2)cc1. The molecule has 0 radical (unpaired) electrons. The summed E-state index contributed by atoms with van der Waals surface area (Å²) in [5, 5.41) is 3.18. The van der Waals surface area contributed by atoms with Crippen molar-refractivity contribution in [3.8, 4) is 0 Å². The van der Waals surface area contributed by atoms with Gasteiger partial charge in [-0.3, -0.25) is 10.1 Å². The summed E-state index contributed by atoms with van der Waals surface area (Å²) in [6.45, 7) is 4.21. The Bertz CT molecular complexity index is 377. The van der Waals surface area contributed by atoms with Crippen LogP contribution in [0.15, 0.2) is 24.3 Å². The Kier molecular flexibility index (Phi) is 3.46. The van der Waals surface area contributed by atoms with Crippen LogP contribution < -0.4 is 10.2 Å². The van der Waals surface area contributed by atoms with Crippen LogP contribution in [0.3, 0.4) is 0 Å². The van der Waals surface area contributed by atoms with Crippen molar-refractivity contribution in [1.82, 2.24) is 5.32 Å². The number of Topliss-reactive ketones (excluding diaryl/α,β-unsaturated/α-hetero) is 1. The van der Waals surface area contributed by atoms with Crippen molar-refractivity contribution >= 4 is 23.1 Å². The number of carbonyl (C=O) groups excluding carboxylic acids is 1. The van der Waals surface area contributed by atoms with E-state index in [0.717, 1.165) is 30.9 Å². The summed E-state index contributed by atoms with van der Waals surface area (Å²) in [5.41, 5.74) is 1.87. The number of anilines is 1. The van der Waals surface area contributed by atoms with Gasteiger partial charge in [-0.2, -0.15) is 0 Å². The van der Waals surface area contributed by atoms with Crippen molar-refractivity contribution in [2.75, 3.05) is 24.5 Å². The normalized spacial score (nSPS) is 20.9. The molecule has 0 spiro atoms. The molecule has 0 aliphatic carbocycles. The minimum Gasteiger partial charge on any atom is -0.367 e. The van der Waals surface area contributed by atoms with Crippen LogP contribution >= 0.6 is 11.6 Å². The van der Waals surface area contributed by atoms with Gasteiger partial charge in [0.05, 0.1) is 0 Å². The third-order valence-electron chi connectivity index (χ3n) is 2.77. The molecule has 1 saturated heterocycles. The molecule has 1 fully saturated rings. The largest absolute Gasteiger partial charge is 0.367 e. The van der Waals surface area contributed by atoms with E-state index in [0.29, 0.717) is 0 Å². The van der Waals surface area contributed by atoms with Crippen LogP contribution in [0, 0.1) is 0 Å². The van der Waals surface area contributed by atoms with Crippen molar-refractivity contribution in [2.24, 2.45) is 0 Å². The number of rotatable bonds is 2. The zero-order valence-electron chi connectivity index (χ0n) is 9.24. The number of nitrogens with zero attached hydrogens (tertiary/aromatic N) is 1. The molecule has 1 aliphatic heterocycles. The highest BCUT2D eigenvalue weighted by atomic mass is 35.5. The Morgan fingerprint density at radius 1 is 1.44 bits per heavy atom. The average Bonchev–Trinajstić information content (AvgIpc) is 2.29. The summed E-state index contributed by atoms with van der Waals surface area (Å²) in [7, 11) is 0. The van der Waals surface area contributed by atoms with Crippen molar-refractivity contribution in [2.45, 2.75) is 12.4 Å². The number of hydrogen-bond donors (Lipinski definition) is 1. The van der Waals surface area contributed by atoms with Crippen LogP contribution in [0.1, 0.15) is 17.3 Å². The third kappa shape index (κ3) is 2.54. The Morgan fingerprint density at radius 2 is 2.12 bits per heavy atom. The van der Waals surface area contributed by atoms with E-state index in [4.69, 9.17) is 11.6 Å². The molecule has 0 amide bonds. The molecular formula is C12H15ClN2O. The van der Waals surface area contributed by atoms with Gasteiger partial charge in [0, 0.05) is 30.9 Å². The lowest BCUT2D eigenvalue weighted by Gasteiger charge is -2.32. The molecule has 1 unspecified atom stereocenters. The van der Waals surface area contributed by atoms with Gasteiger partial charge in [0.1, 0.15) is 5.50 Å². The van der Waals surface area contributed by atoms with E-state index in [9.17, 15) is 4.79 Å². The number of piperazine rings is 1. The molecule has 1 aliphatic rings. The molecule has 0 aromatic heterocycles. The topological polar surface area (TPSA) is 32.3 Å². The Hall–Kier alpha value is -1.06. The van der Waals surface area contributed by atoms with Crippen molar-refractivity contribution in [1.29, 1.82) is 0 Å². The van der Waals surface area contributed by atoms with Gasteiger partial charge in [-0.15, -0.1) is 11.6 Å². The van der Waals surface area contributed by atoms with E-state index >= 15 is 0 Å². The number of nitrogens with one attached hydrogen (secondary N) is 1. The summed E-state index contributed by atoms with van der Waals surface area (Å²) < 4.78 is 0. The summed E-state index contributed by atoms with van der Waals surface area (Å²) in [6.07, 6.45) is 0. The summed E-state index contributed by atoms with van der Waals surface area (Å²) in [6, 6.07) is 7.68. The molecule has 1 N–H and O–H groups in total. The first-order valence-corrected chi connectivity index (χ1v) is 5.84. The highest BCUT2D eigenvalue weighted by molar-refractivity contribution is 6.20. The average molecular weight is 239 g/mol. The minimum atomic E-state index is 0.00114. The van der Waals surface area contributed by atoms with Gasteiger partial charge in [-0.1, -0.05) is 0 Å². The van der Waals surface area contributed by atoms with Crippen LogP contribution in [0.25, 0.3) is 0 Å². The quantitative estimate of drug-likeness (QED) is 0.485. The number of benzene rings is 1. The van der Waals surface area contributed by atoms with Gasteiger partial charge in [-0.25, -0.2) is 0 Å². The van der Waals surface area contributed by atoms with E-state index in [1.165, 1.54) is 0 Å². The third-order valence-corrected chi connectivity index (χ3v) is 3.06. The molecule has 3 nitrogen and oxygen atoms in total. The molecule has 16 heavy (non-hydrogen) atoms. The van der Waals surface area contributed by atoms with Gasteiger partial charge >= 0.3 is 0 Å². The molecule has 2 rings (SSSR count). The van der Waals surface area contributed by atoms with E-state index in [2.05, 4.69) is 10.2 Å². The first kappa shape index (κ1) is 11.4. The van der Waals surface area contributed by atoms with Crippen LogP contribution in [-0.4, -0.2) is 30.9 Å². The van der Waals surface area contributed by atoms with Crippen LogP contribution in [-0.2, 0) is 0 Å². The highest BCUT2D eigenvalue weighted by Crippen LogP contribution is 2.17. The predicted octanol–water partition coefficient (Wildman–Crippen LogP) is 1.86. The van der Waals surface area contributed by atoms with Gasteiger partial charge < -0.3 is 4.90 Å². The van der Waals surface area contributed by atoms with Gasteiger partial charge in [0.2, 0.25) is 0 Å². The highest BCUT2D eigenvalue weighted by Gasteiger charge is 2.17. The summed E-state index contributed by atoms with van der Waals surface area (Å²) in [5.74, 6) is 0.0991. The monoisotopic (exact) mass is 238 g/mol. The van der Waals surface area contributed by atoms with E-state index in [1.54, 1.807) is 6.92 Å². The van der Waals surface area contributed by atoms with Gasteiger partial charge in [0.15, 0.2) is 5.78 Å². The Balaban J connectivity index is 2.11. The second-order valence-corrected chi connectivity index (χ2v) is 4.50. The second-order valence-electron chi connectivity index (χ2n) is 3.97. The molecule has 86 valence electrons. The fraction of sp³-hybridized carbons (Fsp3) is 0.417. The molecule has 1 atom stereocenters. The van der Waals surface area contributed by atoms with Crippen LogP contribution in [0.5, 0.6) is 0 Å². The number of hydrogen-bond acceptors (Lipinski definition) is 3. The maximum atomic E-state index is 11.1. The molecule has 0 saturated carbocycles. The smallest absolute Gasteiger partial charge is 0.159 e. The van der Waals surface area contributed by atoms with Crippen molar-refractivity contribution < 1.29 is 4.79 Å². The number of halogens is 1. The summed E-state index contributed by atoms with van der Waals surface area (Å²) >= 11 is 6.04. The first-order valence-electron chi connectivity index (χ1n) is 5.40. The predicted molar refractivity (Wildman–Crippen MR) is 66.3 cm³/mol. The van der Waals surface area contributed by atoms with E-state index in [-0.39, 0.29) is 11.3 Å². The van der Waals surface area contributed by atoms with Gasteiger partial charge in [-0.05, 0) is 31.2 Å². The minimum absolute atomic E-state index is 0.00114. The van der Waals surface area contributed by atoms with Crippen LogP contribution in [0.4, 0.5) is 5.69 Å². The fourth-order valence-electron chi connectivity index (χ4n) is 1.85. The summed E-state index contributed by atoms with van der Waals surface area (Å²) in [4.78, 5) is 13.4. The molecule has 1 aromatic carbocycles. The van der Waals surface area contributed by atoms with E-state index < -0.39 is 0 Å². The number of carbonyl (C=O) groups is 1. The lowest BCUT2D eigenvalue weighted by molar-refractivity contribution is 0.101. The molecule has 1 heterocycles. The lowest BCUT2D eigenvalue weighted by Crippen LogP contribution is -2.48. The maximum Gasteiger partial charge on any atom is 0.159 e. The van der Waals surface area contributed by atoms with Gasteiger partial charge in [0.25, 0.3) is 0 Å². The number of ketones is 1. The fourth-order valence-corrected chi connectivity index (χ4v) is 2.12. The standard InChI is InChI=1S/C12H15ClN2O/c1-9(16)10-2-4-11(5-3-10)15-7-6-14-12(13)8-15/h2-5,12,14H,6-8H2,1H3. The lowest BCUT2D eigenvalue weighted by atomic mass is 10.1. The maximum absolute atomic E-state index is 11.1. The Morgan fingerprint density at radius 3 is 2.69 bits per heavy atom. The first-order chi connectivity index (χ1) is 7.66. The second kappa shape index (κ2) is 4.85. The zero-order valence-corrected chi connectivity index (χ0v) is 10.00. The molecule has 0 bridgehead atoms. The molecule has 4 heteroatoms. The van der Waals surface area contributed by atoms with Crippen molar-refractivity contribution in [3.05, 3.63) is 29.8 Å². The molecule has 1 aromatic rings. The Labute approximate surface area is 100 Å². The van der Waals surface area contributed by atoms with Crippen LogP contribution in [0.2, 0.25) is 0 Å². The van der Waals surface area contributed by atoms with E-state index in [1.807, 2.05) is 24.3 Å².